The Labute approximate surface area is 454 Å². The smallest absolute Gasteiger partial charge is 0.419 e. The second-order valence-corrected chi connectivity index (χ2v) is 36.4. The van der Waals surface area contributed by atoms with Crippen LogP contribution >= 0.6 is 0 Å². The number of benzene rings is 4. The molecule has 6 aromatic rings. The number of fused-ring (bicyclic) bond motifs is 6. The van der Waals surface area contributed by atoms with Crippen LogP contribution in [0.1, 0.15) is 182 Å². The molecule has 2 aromatic heterocycles. The molecule has 4 aromatic carbocycles. The molecule has 0 bridgehead atoms. The van der Waals surface area contributed by atoms with Gasteiger partial charge in [0.2, 0.25) is 0 Å². The van der Waals surface area contributed by atoms with Crippen LogP contribution in [0.4, 0.5) is 9.59 Å². The van der Waals surface area contributed by atoms with Crippen molar-refractivity contribution >= 4 is 62.2 Å². The maximum Gasteiger partial charge on any atom is 0.419 e. The molecule has 0 spiro atoms. The van der Waals surface area contributed by atoms with Gasteiger partial charge in [-0.1, -0.05) is 144 Å². The number of Topliss-reactive ketones (excluding diaryl/α,β-unsaturated/α-hetero) is 2. The molecule has 10 nitrogen and oxygen atoms in total. The van der Waals surface area contributed by atoms with Crippen molar-refractivity contribution in [3.8, 4) is 11.5 Å². The molecule has 4 unspecified atom stereocenters. The number of rotatable bonds is 15. The van der Waals surface area contributed by atoms with Gasteiger partial charge in [-0.2, -0.15) is 0 Å². The minimum absolute atomic E-state index is 0.159. The average Bonchev–Trinajstić information content (AvgIpc) is 4.00. The minimum Gasteiger partial charge on any atom is -0.543 e. The molecule has 12 heteroatoms. The molecule has 8 rings (SSSR count). The highest BCUT2D eigenvalue weighted by atomic mass is 28.4. The van der Waals surface area contributed by atoms with Gasteiger partial charge in [-0.3, -0.25) is 9.59 Å². The van der Waals surface area contributed by atoms with Crippen LogP contribution in [0, 0.1) is 0 Å². The van der Waals surface area contributed by atoms with Crippen molar-refractivity contribution in [3.05, 3.63) is 131 Å². The monoisotopic (exact) mass is 1060 g/mol. The molecular weight excluding hydrogens is 981 g/mol. The number of ketones is 2. The van der Waals surface area contributed by atoms with Crippen LogP contribution in [-0.2, 0) is 31.9 Å². The zero-order valence-electron chi connectivity index (χ0n) is 48.6. The summed E-state index contributed by atoms with van der Waals surface area (Å²) >= 11 is 0. The van der Waals surface area contributed by atoms with Crippen LogP contribution in [0.15, 0.2) is 97.1 Å². The zero-order chi connectivity index (χ0) is 55.7. The van der Waals surface area contributed by atoms with E-state index in [9.17, 15) is 9.59 Å². The summed E-state index contributed by atoms with van der Waals surface area (Å²) in [5, 5.41) is 1.41. The number of carbonyl (C=O) groups excluding carboxylic acids is 4. The van der Waals surface area contributed by atoms with E-state index in [1.165, 1.54) is 0 Å². The SMILES string of the molecule is CC(C)[Si](Oc1ccc(CC2C(=O)C(C3C(=O)C(Cc4ccc(O[Si](C(C)C)(C(C)C)C(C)C)cc4)c4c3c3ccccc3n4C(=O)OC(C)(C)C)c3c2n(C(=O)OC(C)(C)C)c2ccccc32)cc1)(C(C)C)C(C)C. The van der Waals surface area contributed by atoms with E-state index in [4.69, 9.17) is 18.3 Å². The first kappa shape index (κ1) is 56.5. The fourth-order valence-corrected chi connectivity index (χ4v) is 24.4. The lowest BCUT2D eigenvalue weighted by Crippen LogP contribution is -2.50. The van der Waals surface area contributed by atoms with Crippen LogP contribution in [0.2, 0.25) is 33.2 Å². The Morgan fingerprint density at radius 2 is 0.750 bits per heavy atom. The number of carbonyl (C=O) groups is 4. The van der Waals surface area contributed by atoms with Gasteiger partial charge in [0.15, 0.2) is 11.6 Å². The quantitative estimate of drug-likeness (QED) is 0.0934. The maximum absolute atomic E-state index is 16.1. The molecule has 2 heterocycles. The molecule has 0 fully saturated rings. The van der Waals surface area contributed by atoms with Crippen molar-refractivity contribution in [1.29, 1.82) is 0 Å². The Balaban J connectivity index is 1.30. The number of aromatic nitrogens is 2. The van der Waals surface area contributed by atoms with Gasteiger partial charge in [-0.05, 0) is 146 Å². The molecule has 0 radical (unpaired) electrons. The average molecular weight is 1070 g/mol. The molecule has 0 saturated heterocycles. The third-order valence-electron chi connectivity index (χ3n) is 16.7. The van der Waals surface area contributed by atoms with Gasteiger partial charge >= 0.3 is 12.2 Å². The Kier molecular flexibility index (Phi) is 15.5. The summed E-state index contributed by atoms with van der Waals surface area (Å²) in [7, 11) is -4.53. The molecule has 2 aliphatic carbocycles. The first-order valence-corrected chi connectivity index (χ1v) is 32.2. The van der Waals surface area contributed by atoms with Crippen LogP contribution < -0.4 is 8.85 Å². The van der Waals surface area contributed by atoms with Crippen molar-refractivity contribution < 1.29 is 37.5 Å². The van der Waals surface area contributed by atoms with E-state index in [0.29, 0.717) is 77.6 Å². The second kappa shape index (κ2) is 20.9. The van der Waals surface area contributed by atoms with Crippen LogP contribution in [0.3, 0.4) is 0 Å². The number of nitrogens with zero attached hydrogens (tertiary/aromatic N) is 2. The van der Waals surface area contributed by atoms with Gasteiger partial charge in [0.1, 0.15) is 22.7 Å². The van der Waals surface area contributed by atoms with Gasteiger partial charge in [-0.15, -0.1) is 0 Å². The van der Waals surface area contributed by atoms with Crippen molar-refractivity contribution in [3.63, 3.8) is 0 Å². The van der Waals surface area contributed by atoms with E-state index in [-0.39, 0.29) is 24.4 Å². The normalized spacial score (nSPS) is 18.3. The van der Waals surface area contributed by atoms with Crippen LogP contribution in [0.25, 0.3) is 21.8 Å². The topological polar surface area (TPSA) is 115 Å². The molecule has 76 heavy (non-hydrogen) atoms. The zero-order valence-corrected chi connectivity index (χ0v) is 50.6. The number of ether oxygens (including phenoxy) is 2. The maximum atomic E-state index is 16.1. The molecule has 406 valence electrons. The third kappa shape index (κ3) is 9.94. The fourth-order valence-electron chi connectivity index (χ4n) is 13.9. The van der Waals surface area contributed by atoms with Crippen molar-refractivity contribution in [2.24, 2.45) is 0 Å². The van der Waals surface area contributed by atoms with Crippen LogP contribution in [0.5, 0.6) is 11.5 Å². The Hall–Kier alpha value is -5.73. The number of hydrogen-bond donors (Lipinski definition) is 0. The number of hydrogen-bond acceptors (Lipinski definition) is 8. The van der Waals surface area contributed by atoms with E-state index in [1.54, 1.807) is 9.13 Å². The largest absolute Gasteiger partial charge is 0.543 e. The van der Waals surface area contributed by atoms with Gasteiger partial charge in [0, 0.05) is 22.2 Å². The summed E-state index contributed by atoms with van der Waals surface area (Å²) in [6.07, 6.45) is -0.652. The summed E-state index contributed by atoms with van der Waals surface area (Å²) in [5.74, 6) is -2.37. The third-order valence-corrected chi connectivity index (χ3v) is 28.7. The molecule has 0 aliphatic heterocycles. The molecule has 0 saturated carbocycles. The Morgan fingerprint density at radius 1 is 0.461 bits per heavy atom. The molecule has 4 atom stereocenters. The summed E-state index contributed by atoms with van der Waals surface area (Å²) < 4.78 is 29.6. The Morgan fingerprint density at radius 3 is 1.03 bits per heavy atom. The lowest BCUT2D eigenvalue weighted by molar-refractivity contribution is -0.127. The molecule has 0 N–H and O–H groups in total. The van der Waals surface area contributed by atoms with Gasteiger partial charge in [0.25, 0.3) is 16.6 Å². The predicted molar refractivity (Wildman–Crippen MR) is 312 cm³/mol. The lowest BCUT2D eigenvalue weighted by atomic mass is 9.79. The second-order valence-electron chi connectivity index (χ2n) is 25.7. The minimum atomic E-state index is -2.27. The van der Waals surface area contributed by atoms with E-state index in [2.05, 4.69) is 83.1 Å². The lowest BCUT2D eigenvalue weighted by Gasteiger charge is -2.42. The van der Waals surface area contributed by atoms with Crippen molar-refractivity contribution in [2.75, 3.05) is 0 Å². The molecule has 0 amide bonds. The summed E-state index contributed by atoms with van der Waals surface area (Å²) in [6.45, 7) is 38.2. The van der Waals surface area contributed by atoms with Crippen molar-refractivity contribution in [1.82, 2.24) is 9.13 Å². The van der Waals surface area contributed by atoms with E-state index in [0.717, 1.165) is 22.6 Å². The van der Waals surface area contributed by atoms with Crippen molar-refractivity contribution in [2.45, 2.75) is 206 Å². The highest BCUT2D eigenvalue weighted by molar-refractivity contribution is 6.78. The predicted octanol–water partition coefficient (Wildman–Crippen LogP) is 17.0. The van der Waals surface area contributed by atoms with E-state index in [1.807, 2.05) is 139 Å². The standard InChI is InChI=1S/C64H84N2O8Si2/c1-37(2)75(38(3)4,39(5)6)73-45-31-27-43(28-32-45)35-49-57-53(47-23-19-21-25-51(47)65(57)61(69)71-63(13,14)15)55(59(49)67)56-54-48-24-20-22-26-52(48)66(62(70)72-64(16,17)18)58(54)50(60(56)68)36-44-29-33-46(34-30-44)74-76(40(7)8,41(9)10)42(11)12/h19-34,37-42,49-50,55-56H,35-36H2,1-18H3. The summed E-state index contributed by atoms with van der Waals surface area (Å²) in [5.41, 5.74) is 5.97. The van der Waals surface area contributed by atoms with E-state index >= 15 is 9.59 Å². The first-order valence-electron chi connectivity index (χ1n) is 27.9. The fraction of sp³-hybridized carbons (Fsp3) is 0.500. The number of para-hydroxylation sites is 2. The van der Waals surface area contributed by atoms with Gasteiger partial charge in [0.05, 0.1) is 34.7 Å². The van der Waals surface area contributed by atoms with E-state index < -0.39 is 63.7 Å². The highest BCUT2D eigenvalue weighted by Gasteiger charge is 2.57. The van der Waals surface area contributed by atoms with Gasteiger partial charge in [-0.25, -0.2) is 18.7 Å². The molecule has 2 aliphatic rings. The Bertz CT molecular complexity index is 2890. The van der Waals surface area contributed by atoms with Crippen LogP contribution in [-0.4, -0.2) is 60.7 Å². The molecular formula is C64H84N2O8Si2. The van der Waals surface area contributed by atoms with Gasteiger partial charge < -0.3 is 18.3 Å². The first-order chi connectivity index (χ1) is 35.5. The summed E-state index contributed by atoms with van der Waals surface area (Å²) in [6, 6.07) is 31.5. The summed E-state index contributed by atoms with van der Waals surface area (Å²) in [4.78, 5) is 61.8. The highest BCUT2D eigenvalue weighted by Crippen LogP contribution is 2.58.